The number of aliphatic hydroxyl groups is 1. The van der Waals surface area contributed by atoms with Crippen molar-refractivity contribution in [1.82, 2.24) is 0 Å². The normalized spacial score (nSPS) is 12.1. The van der Waals surface area contributed by atoms with Crippen LogP contribution < -0.4 is 0 Å². The molecule has 0 saturated heterocycles. The van der Waals surface area contributed by atoms with Crippen LogP contribution in [0.4, 0.5) is 0 Å². The van der Waals surface area contributed by atoms with Gasteiger partial charge in [-0.05, 0) is 161 Å². The first-order valence-electron chi connectivity index (χ1n) is 17.0. The Labute approximate surface area is 300 Å². The van der Waals surface area contributed by atoms with Gasteiger partial charge in [-0.2, -0.15) is 0 Å². The zero-order chi connectivity index (χ0) is 37.0. The summed E-state index contributed by atoms with van der Waals surface area (Å²) < 4.78 is 0. The Hall–Kier alpha value is -5.88. The topological polar surface area (TPSA) is 121 Å². The molecule has 6 N–H and O–H groups in total. The highest BCUT2D eigenvalue weighted by Crippen LogP contribution is 2.34. The van der Waals surface area contributed by atoms with Crippen LogP contribution in [-0.4, -0.2) is 30.6 Å². The molecule has 5 aromatic rings. The van der Waals surface area contributed by atoms with Crippen molar-refractivity contribution < 1.29 is 30.6 Å². The largest absolute Gasteiger partial charge is 0.508 e. The van der Waals surface area contributed by atoms with Gasteiger partial charge in [0.2, 0.25) is 0 Å². The lowest BCUT2D eigenvalue weighted by atomic mass is 9.90. The van der Waals surface area contributed by atoms with Crippen LogP contribution in [-0.2, 0) is 25.7 Å². The van der Waals surface area contributed by atoms with Gasteiger partial charge in [0.15, 0.2) is 0 Å². The average Bonchev–Trinajstić information content (AvgIpc) is 3.08. The van der Waals surface area contributed by atoms with E-state index in [9.17, 15) is 30.6 Å². The van der Waals surface area contributed by atoms with Gasteiger partial charge in [-0.15, -0.1) is 0 Å². The summed E-state index contributed by atoms with van der Waals surface area (Å²) in [4.78, 5) is 0. The van der Waals surface area contributed by atoms with E-state index in [0.717, 1.165) is 55.6 Å². The van der Waals surface area contributed by atoms with E-state index < -0.39 is 0 Å². The number of aryl methyl sites for hydroxylation is 4. The van der Waals surface area contributed by atoms with Gasteiger partial charge in [-0.3, -0.25) is 0 Å². The first-order chi connectivity index (χ1) is 24.2. The van der Waals surface area contributed by atoms with E-state index in [-0.39, 0.29) is 34.5 Å². The minimum atomic E-state index is 0.131. The van der Waals surface area contributed by atoms with Crippen LogP contribution in [0.15, 0.2) is 114 Å². The molecule has 0 aliphatic rings. The lowest BCUT2D eigenvalue weighted by Crippen LogP contribution is -2.02. The number of hydrogen-bond donors (Lipinski definition) is 6. The fourth-order valence-electron chi connectivity index (χ4n) is 6.35. The summed E-state index contributed by atoms with van der Waals surface area (Å²) in [5.74, 6) is 1.12. The molecular weight excluding hydrogens is 636 g/mol. The number of phenols is 5. The molecule has 0 aromatic heterocycles. The monoisotopic (exact) mass is 682 g/mol. The van der Waals surface area contributed by atoms with Crippen LogP contribution in [0.3, 0.4) is 0 Å². The number of benzene rings is 5. The van der Waals surface area contributed by atoms with Crippen LogP contribution in [0.1, 0.15) is 68.1 Å². The average molecular weight is 683 g/mol. The number of phenolic OH excluding ortho intramolecular Hbond substituents is 5. The van der Waals surface area contributed by atoms with Gasteiger partial charge in [0.25, 0.3) is 0 Å². The molecule has 0 saturated carbocycles. The van der Waals surface area contributed by atoms with Crippen LogP contribution in [0, 0.1) is 27.7 Å². The van der Waals surface area contributed by atoms with Crippen molar-refractivity contribution in [3.8, 4) is 28.7 Å². The summed E-state index contributed by atoms with van der Waals surface area (Å²) in [6.07, 6.45) is 3.54. The van der Waals surface area contributed by atoms with E-state index >= 15 is 0 Å². The molecule has 5 rings (SSSR count). The second-order valence-electron chi connectivity index (χ2n) is 13.7. The highest BCUT2D eigenvalue weighted by atomic mass is 16.3. The summed E-state index contributed by atoms with van der Waals surface area (Å²) in [5, 5.41) is 63.8. The molecule has 0 radical (unpaired) electrons. The molecule has 51 heavy (non-hydrogen) atoms. The molecule has 262 valence electrons. The second-order valence-corrected chi connectivity index (χ2v) is 13.7. The first kappa shape index (κ1) is 36.4. The zero-order valence-corrected chi connectivity index (χ0v) is 29.9. The highest BCUT2D eigenvalue weighted by Gasteiger charge is 2.17. The SMILES string of the molecule is C=C(/C=C(Cc1ccc(O)c(C)c1)\C(O)=C(/C)Cc1ccc(O)c(C)c1)c1cc(Cc2ccc(O)c(C)c2)c(O)c(Cc2ccc(O)c(C)c2)c1. The van der Waals surface area contributed by atoms with E-state index in [1.165, 1.54) is 0 Å². The first-order valence-corrected chi connectivity index (χ1v) is 17.0. The van der Waals surface area contributed by atoms with Crippen molar-refractivity contribution in [2.24, 2.45) is 0 Å². The third-order valence-electron chi connectivity index (χ3n) is 9.39. The van der Waals surface area contributed by atoms with Crippen molar-refractivity contribution in [3.63, 3.8) is 0 Å². The van der Waals surface area contributed by atoms with Crippen molar-refractivity contribution in [2.75, 3.05) is 0 Å². The van der Waals surface area contributed by atoms with Gasteiger partial charge in [0.05, 0.1) is 0 Å². The van der Waals surface area contributed by atoms with Gasteiger partial charge in [-0.1, -0.05) is 55.1 Å². The van der Waals surface area contributed by atoms with E-state index in [4.69, 9.17) is 0 Å². The molecule has 6 heteroatoms. The van der Waals surface area contributed by atoms with Crippen LogP contribution in [0.5, 0.6) is 28.7 Å². The van der Waals surface area contributed by atoms with E-state index in [1.54, 1.807) is 24.3 Å². The van der Waals surface area contributed by atoms with Gasteiger partial charge < -0.3 is 30.6 Å². The predicted octanol–water partition coefficient (Wildman–Crippen LogP) is 9.89. The summed E-state index contributed by atoms with van der Waals surface area (Å²) in [6.45, 7) is 13.7. The number of hydrogen-bond acceptors (Lipinski definition) is 6. The molecule has 0 aliphatic carbocycles. The summed E-state index contributed by atoms with van der Waals surface area (Å²) in [7, 11) is 0. The van der Waals surface area contributed by atoms with Crippen molar-refractivity contribution >= 4 is 5.57 Å². The fraction of sp³-hybridized carbons (Fsp3) is 0.200. The molecular formula is C45H46O6. The minimum Gasteiger partial charge on any atom is -0.508 e. The Kier molecular flexibility index (Phi) is 11.0. The quantitative estimate of drug-likeness (QED) is 0.0609. The van der Waals surface area contributed by atoms with Crippen molar-refractivity contribution in [1.29, 1.82) is 0 Å². The Bertz CT molecular complexity index is 2110. The van der Waals surface area contributed by atoms with Crippen LogP contribution in [0.2, 0.25) is 0 Å². The van der Waals surface area contributed by atoms with Gasteiger partial charge in [-0.25, -0.2) is 0 Å². The molecule has 0 atom stereocenters. The Balaban J connectivity index is 1.60. The number of aromatic hydroxyl groups is 5. The van der Waals surface area contributed by atoms with E-state index in [2.05, 4.69) is 6.58 Å². The third kappa shape index (κ3) is 8.84. The number of aliphatic hydroxyl groups excluding tert-OH is 1. The maximum atomic E-state index is 11.8. The van der Waals surface area contributed by atoms with Crippen LogP contribution in [0.25, 0.3) is 5.57 Å². The van der Waals surface area contributed by atoms with Gasteiger partial charge in [0, 0.05) is 19.3 Å². The molecule has 0 aliphatic heterocycles. The number of allylic oxidation sites excluding steroid dienone is 4. The van der Waals surface area contributed by atoms with E-state index in [1.807, 2.05) is 101 Å². The lowest BCUT2D eigenvalue weighted by Gasteiger charge is -2.17. The Morgan fingerprint density at radius 1 is 0.549 bits per heavy atom. The van der Waals surface area contributed by atoms with E-state index in [0.29, 0.717) is 48.0 Å². The molecule has 6 nitrogen and oxygen atoms in total. The third-order valence-corrected chi connectivity index (χ3v) is 9.39. The Morgan fingerprint density at radius 2 is 0.922 bits per heavy atom. The maximum absolute atomic E-state index is 11.8. The fourth-order valence-corrected chi connectivity index (χ4v) is 6.35. The zero-order valence-electron chi connectivity index (χ0n) is 29.9. The van der Waals surface area contributed by atoms with Gasteiger partial charge in [0.1, 0.15) is 34.5 Å². The van der Waals surface area contributed by atoms with Gasteiger partial charge >= 0.3 is 0 Å². The Morgan fingerprint density at radius 3 is 1.33 bits per heavy atom. The molecule has 0 unspecified atom stereocenters. The molecule has 5 aromatic carbocycles. The minimum absolute atomic E-state index is 0.131. The molecule has 0 fully saturated rings. The molecule has 0 bridgehead atoms. The summed E-state index contributed by atoms with van der Waals surface area (Å²) in [6, 6.07) is 25.4. The van der Waals surface area contributed by atoms with Crippen LogP contribution >= 0.6 is 0 Å². The smallest absolute Gasteiger partial charge is 0.122 e. The molecule has 0 heterocycles. The number of rotatable bonds is 11. The second kappa shape index (κ2) is 15.3. The summed E-state index contributed by atoms with van der Waals surface area (Å²) in [5.41, 5.74) is 10.8. The highest BCUT2D eigenvalue weighted by molar-refractivity contribution is 5.76. The molecule has 0 amide bonds. The lowest BCUT2D eigenvalue weighted by molar-refractivity contribution is 0.412. The molecule has 0 spiro atoms. The standard InChI is InChI=1S/C45H46O6/c1-26(20-37(21-33-8-12-41(47)28(3)16-33)44(50)31(6)19-32-7-11-40(46)27(2)15-32)36-24-38(22-34-9-13-42(48)29(4)17-34)45(51)39(25-36)23-35-10-14-43(49)30(5)18-35/h7-18,20,24-25,46-51H,1,19,21-23H2,2-6H3/b37-20-,44-31-. The maximum Gasteiger partial charge on any atom is 0.122 e. The summed E-state index contributed by atoms with van der Waals surface area (Å²) >= 11 is 0. The van der Waals surface area contributed by atoms with Crippen molar-refractivity contribution in [2.45, 2.75) is 60.3 Å². The van der Waals surface area contributed by atoms with Crippen molar-refractivity contribution in [3.05, 3.63) is 176 Å². The predicted molar refractivity (Wildman–Crippen MR) is 205 cm³/mol.